The molecule has 0 saturated heterocycles. The zero-order chi connectivity index (χ0) is 16.8. The van der Waals surface area contributed by atoms with Gasteiger partial charge < -0.3 is 16.0 Å². The summed E-state index contributed by atoms with van der Waals surface area (Å²) in [5.74, 6) is -1.04. The second-order valence-electron chi connectivity index (χ2n) is 5.76. The van der Waals surface area contributed by atoms with Crippen LogP contribution in [0.15, 0.2) is 28.7 Å². The minimum absolute atomic E-state index is 0.121. The molecule has 120 valence electrons. The molecule has 0 atom stereocenters. The van der Waals surface area contributed by atoms with Crippen LogP contribution in [0.4, 0.5) is 0 Å². The summed E-state index contributed by atoms with van der Waals surface area (Å²) in [4.78, 5) is 34.9. The number of nitrogens with one attached hydrogen (secondary N) is 3. The van der Waals surface area contributed by atoms with Crippen LogP contribution in [-0.2, 0) is 9.59 Å². The van der Waals surface area contributed by atoms with Crippen molar-refractivity contribution in [2.75, 3.05) is 13.1 Å². The van der Waals surface area contributed by atoms with Gasteiger partial charge in [-0.2, -0.15) is 0 Å². The third kappa shape index (κ3) is 7.21. The van der Waals surface area contributed by atoms with Crippen LogP contribution in [0.2, 0.25) is 0 Å². The Morgan fingerprint density at radius 2 is 1.50 bits per heavy atom. The van der Waals surface area contributed by atoms with E-state index in [-0.39, 0.29) is 30.4 Å². The van der Waals surface area contributed by atoms with Gasteiger partial charge in [0, 0.05) is 15.6 Å². The van der Waals surface area contributed by atoms with Crippen molar-refractivity contribution in [3.8, 4) is 0 Å². The number of amides is 3. The van der Waals surface area contributed by atoms with Gasteiger partial charge in [0.15, 0.2) is 0 Å². The van der Waals surface area contributed by atoms with E-state index >= 15 is 0 Å². The van der Waals surface area contributed by atoms with Gasteiger partial charge in [-0.05, 0) is 45.0 Å². The van der Waals surface area contributed by atoms with E-state index in [1.165, 1.54) is 0 Å². The highest BCUT2D eigenvalue weighted by Gasteiger charge is 2.14. The molecule has 0 radical (unpaired) electrons. The van der Waals surface area contributed by atoms with Gasteiger partial charge in [0.05, 0.1) is 13.1 Å². The minimum Gasteiger partial charge on any atom is -0.350 e. The highest BCUT2D eigenvalue weighted by atomic mass is 79.9. The van der Waals surface area contributed by atoms with Crippen molar-refractivity contribution in [3.05, 3.63) is 34.3 Å². The molecule has 0 aromatic heterocycles. The lowest BCUT2D eigenvalue weighted by atomic mass is 10.1. The average Bonchev–Trinajstić information content (AvgIpc) is 2.41. The van der Waals surface area contributed by atoms with Crippen molar-refractivity contribution in [2.24, 2.45) is 0 Å². The molecule has 0 heterocycles. The van der Waals surface area contributed by atoms with E-state index in [1.807, 2.05) is 20.8 Å². The fourth-order valence-electron chi connectivity index (χ4n) is 1.57. The topological polar surface area (TPSA) is 87.3 Å². The van der Waals surface area contributed by atoms with E-state index in [0.717, 1.165) is 4.47 Å². The van der Waals surface area contributed by atoms with Gasteiger partial charge in [-0.3, -0.25) is 14.4 Å². The first kappa shape index (κ1) is 18.2. The van der Waals surface area contributed by atoms with E-state index in [4.69, 9.17) is 0 Å². The van der Waals surface area contributed by atoms with Crippen LogP contribution in [0.25, 0.3) is 0 Å². The highest BCUT2D eigenvalue weighted by molar-refractivity contribution is 9.10. The summed E-state index contributed by atoms with van der Waals surface area (Å²) >= 11 is 3.28. The number of hydrogen-bond donors (Lipinski definition) is 3. The first-order valence-electron chi connectivity index (χ1n) is 6.79. The van der Waals surface area contributed by atoms with E-state index < -0.39 is 5.91 Å². The SMILES string of the molecule is CC(C)(C)NC(=O)CNC(=O)CNC(=O)c1ccc(Br)cc1. The maximum Gasteiger partial charge on any atom is 0.251 e. The zero-order valence-electron chi connectivity index (χ0n) is 12.8. The summed E-state index contributed by atoms with van der Waals surface area (Å²) in [7, 11) is 0. The Kier molecular flexibility index (Phi) is 6.55. The normalized spacial score (nSPS) is 10.7. The maximum absolute atomic E-state index is 11.8. The van der Waals surface area contributed by atoms with Gasteiger partial charge >= 0.3 is 0 Å². The summed E-state index contributed by atoms with van der Waals surface area (Å²) in [5, 5.41) is 7.66. The van der Waals surface area contributed by atoms with Crippen LogP contribution in [0.3, 0.4) is 0 Å². The van der Waals surface area contributed by atoms with Crippen LogP contribution in [0, 0.1) is 0 Å². The van der Waals surface area contributed by atoms with Crippen LogP contribution in [-0.4, -0.2) is 36.3 Å². The van der Waals surface area contributed by atoms with Crippen LogP contribution in [0.5, 0.6) is 0 Å². The molecule has 0 fully saturated rings. The summed E-state index contributed by atoms with van der Waals surface area (Å²) in [6.07, 6.45) is 0. The van der Waals surface area contributed by atoms with Gasteiger partial charge in [0.1, 0.15) is 0 Å². The molecule has 1 rings (SSSR count). The molecule has 0 unspecified atom stereocenters. The summed E-state index contributed by atoms with van der Waals surface area (Å²) in [5.41, 5.74) is 0.110. The smallest absolute Gasteiger partial charge is 0.251 e. The Morgan fingerprint density at radius 3 is 2.05 bits per heavy atom. The molecule has 7 heteroatoms. The highest BCUT2D eigenvalue weighted by Crippen LogP contribution is 2.10. The fraction of sp³-hybridized carbons (Fsp3) is 0.400. The van der Waals surface area contributed by atoms with Crippen molar-refractivity contribution in [2.45, 2.75) is 26.3 Å². The summed E-state index contributed by atoms with van der Waals surface area (Å²) < 4.78 is 0.867. The largest absolute Gasteiger partial charge is 0.350 e. The number of rotatable bonds is 5. The molecule has 3 amide bonds. The molecule has 0 spiro atoms. The molecule has 0 saturated carbocycles. The van der Waals surface area contributed by atoms with Crippen molar-refractivity contribution in [3.63, 3.8) is 0 Å². The molecule has 1 aromatic carbocycles. The minimum atomic E-state index is -0.422. The lowest BCUT2D eigenvalue weighted by Crippen LogP contribution is -2.47. The Bertz CT molecular complexity index is 550. The second-order valence-corrected chi connectivity index (χ2v) is 6.68. The third-order valence-corrected chi connectivity index (χ3v) is 3.01. The predicted octanol–water partition coefficient (Wildman–Crippen LogP) is 1.21. The number of halogens is 1. The molecule has 22 heavy (non-hydrogen) atoms. The lowest BCUT2D eigenvalue weighted by molar-refractivity contribution is -0.126. The van der Waals surface area contributed by atoms with Gasteiger partial charge in [-0.15, -0.1) is 0 Å². The van der Waals surface area contributed by atoms with Crippen LogP contribution < -0.4 is 16.0 Å². The van der Waals surface area contributed by atoms with E-state index in [2.05, 4.69) is 31.9 Å². The molecule has 0 aliphatic rings. The van der Waals surface area contributed by atoms with Gasteiger partial charge in [0.25, 0.3) is 5.91 Å². The number of carbonyl (C=O) groups is 3. The Labute approximate surface area is 138 Å². The molecular formula is C15H20BrN3O3. The molecular weight excluding hydrogens is 350 g/mol. The number of hydrogen-bond acceptors (Lipinski definition) is 3. The van der Waals surface area contributed by atoms with Gasteiger partial charge in [-0.25, -0.2) is 0 Å². The van der Waals surface area contributed by atoms with E-state index in [9.17, 15) is 14.4 Å². The van der Waals surface area contributed by atoms with Crippen molar-refractivity contribution < 1.29 is 14.4 Å². The van der Waals surface area contributed by atoms with Crippen molar-refractivity contribution >= 4 is 33.7 Å². The maximum atomic E-state index is 11.8. The Hall–Kier alpha value is -1.89. The first-order valence-corrected chi connectivity index (χ1v) is 7.58. The van der Waals surface area contributed by atoms with Crippen molar-refractivity contribution in [1.29, 1.82) is 0 Å². The second kappa shape index (κ2) is 7.93. The molecule has 0 bridgehead atoms. The number of carbonyl (C=O) groups excluding carboxylic acids is 3. The van der Waals surface area contributed by atoms with Crippen LogP contribution >= 0.6 is 15.9 Å². The molecule has 1 aromatic rings. The predicted molar refractivity (Wildman–Crippen MR) is 87.4 cm³/mol. The molecule has 3 N–H and O–H groups in total. The lowest BCUT2D eigenvalue weighted by Gasteiger charge is -2.20. The quantitative estimate of drug-likeness (QED) is 0.728. The monoisotopic (exact) mass is 369 g/mol. The van der Waals surface area contributed by atoms with Gasteiger partial charge in [-0.1, -0.05) is 15.9 Å². The summed E-state index contributed by atoms with van der Waals surface area (Å²) in [6, 6.07) is 6.78. The number of benzene rings is 1. The van der Waals surface area contributed by atoms with E-state index in [0.29, 0.717) is 5.56 Å². The first-order chi connectivity index (χ1) is 10.2. The average molecular weight is 370 g/mol. The molecule has 6 nitrogen and oxygen atoms in total. The standard InChI is InChI=1S/C15H20BrN3O3/c1-15(2,3)19-13(21)9-17-12(20)8-18-14(22)10-4-6-11(16)7-5-10/h4-7H,8-9H2,1-3H3,(H,17,20)(H,18,22)(H,19,21). The van der Waals surface area contributed by atoms with Crippen molar-refractivity contribution in [1.82, 2.24) is 16.0 Å². The Morgan fingerprint density at radius 1 is 0.955 bits per heavy atom. The van der Waals surface area contributed by atoms with Crippen LogP contribution in [0.1, 0.15) is 31.1 Å². The Balaban J connectivity index is 2.32. The van der Waals surface area contributed by atoms with E-state index in [1.54, 1.807) is 24.3 Å². The molecule has 0 aliphatic carbocycles. The fourth-order valence-corrected chi connectivity index (χ4v) is 1.83. The van der Waals surface area contributed by atoms with Gasteiger partial charge in [0.2, 0.25) is 11.8 Å². The molecule has 0 aliphatic heterocycles. The summed E-state index contributed by atoms with van der Waals surface area (Å²) in [6.45, 7) is 5.25. The third-order valence-electron chi connectivity index (χ3n) is 2.48. The zero-order valence-corrected chi connectivity index (χ0v) is 14.4.